The second kappa shape index (κ2) is 5.61. The van der Waals surface area contributed by atoms with Crippen LogP contribution < -0.4 is 11.5 Å². The first-order chi connectivity index (χ1) is 9.73. The highest BCUT2D eigenvalue weighted by Gasteiger charge is 2.33. The Hall–Kier alpha value is -1.67. The van der Waals surface area contributed by atoms with Gasteiger partial charge in [0.2, 0.25) is 15.9 Å². The number of anilines is 1. The minimum absolute atomic E-state index is 0.142. The summed E-state index contributed by atoms with van der Waals surface area (Å²) in [6, 6.07) is 2.51. The molecule has 6 nitrogen and oxygen atoms in total. The van der Waals surface area contributed by atoms with Crippen molar-refractivity contribution in [3.8, 4) is 0 Å². The van der Waals surface area contributed by atoms with Crippen molar-refractivity contribution >= 4 is 21.6 Å². The third-order valence-corrected chi connectivity index (χ3v) is 5.62. The minimum atomic E-state index is -3.96. The van der Waals surface area contributed by atoms with Gasteiger partial charge >= 0.3 is 0 Å². The normalized spacial score (nSPS) is 17.8. The van der Waals surface area contributed by atoms with Crippen LogP contribution in [-0.4, -0.2) is 31.7 Å². The molecule has 2 rings (SSSR count). The number of primary amides is 1. The Balaban J connectivity index is 2.30. The number of sulfonamides is 1. The Morgan fingerprint density at radius 3 is 2.43 bits per heavy atom. The van der Waals surface area contributed by atoms with Crippen LogP contribution in [0.15, 0.2) is 17.0 Å². The van der Waals surface area contributed by atoms with Crippen molar-refractivity contribution in [3.05, 3.63) is 23.5 Å². The Morgan fingerprint density at radius 2 is 1.90 bits per heavy atom. The molecule has 0 aliphatic carbocycles. The fraction of sp³-hybridized carbons (Fsp3) is 0.462. The predicted molar refractivity (Wildman–Crippen MR) is 76.2 cm³/mol. The van der Waals surface area contributed by atoms with Gasteiger partial charge in [0.1, 0.15) is 10.7 Å². The summed E-state index contributed by atoms with van der Waals surface area (Å²) in [6.45, 7) is 1.75. The SMILES string of the molecule is Cc1cc(N)cc(S(=O)(=O)N2CCC(C(N)=O)CC2)c1F. The highest BCUT2D eigenvalue weighted by molar-refractivity contribution is 7.89. The molecule has 8 heteroatoms. The molecule has 1 amide bonds. The standard InChI is InChI=1S/C13H18FN3O3S/c1-8-6-10(15)7-11(12(8)14)21(19,20)17-4-2-9(3-5-17)13(16)18/h6-7,9H,2-5,15H2,1H3,(H2,16,18). The van der Waals surface area contributed by atoms with Crippen LogP contribution in [0.3, 0.4) is 0 Å². The molecule has 1 fully saturated rings. The van der Waals surface area contributed by atoms with Gasteiger partial charge in [0.25, 0.3) is 0 Å². The van der Waals surface area contributed by atoms with Gasteiger partial charge in [-0.3, -0.25) is 4.79 Å². The highest BCUT2D eigenvalue weighted by atomic mass is 32.2. The molecule has 21 heavy (non-hydrogen) atoms. The lowest BCUT2D eigenvalue weighted by Crippen LogP contribution is -2.42. The molecular weight excluding hydrogens is 297 g/mol. The molecule has 0 atom stereocenters. The number of benzene rings is 1. The second-order valence-electron chi connectivity index (χ2n) is 5.23. The Morgan fingerprint density at radius 1 is 1.33 bits per heavy atom. The quantitative estimate of drug-likeness (QED) is 0.797. The van der Waals surface area contributed by atoms with Gasteiger partial charge in [-0.1, -0.05) is 0 Å². The molecule has 1 aliphatic rings. The lowest BCUT2D eigenvalue weighted by atomic mass is 9.98. The summed E-state index contributed by atoms with van der Waals surface area (Å²) >= 11 is 0. The molecule has 0 radical (unpaired) electrons. The largest absolute Gasteiger partial charge is 0.399 e. The summed E-state index contributed by atoms with van der Waals surface area (Å²) in [5.41, 5.74) is 11.2. The van der Waals surface area contributed by atoms with Crippen LogP contribution in [0.4, 0.5) is 10.1 Å². The van der Waals surface area contributed by atoms with E-state index in [0.717, 1.165) is 6.07 Å². The fourth-order valence-electron chi connectivity index (χ4n) is 2.47. The van der Waals surface area contributed by atoms with E-state index in [4.69, 9.17) is 11.5 Å². The van der Waals surface area contributed by atoms with Crippen LogP contribution in [0.5, 0.6) is 0 Å². The van der Waals surface area contributed by atoms with Gasteiger partial charge in [0.05, 0.1) is 0 Å². The average molecular weight is 315 g/mol. The number of carbonyl (C=O) groups is 1. The van der Waals surface area contributed by atoms with Crippen molar-refractivity contribution < 1.29 is 17.6 Å². The number of halogens is 1. The Kier molecular flexibility index (Phi) is 4.20. The average Bonchev–Trinajstić information content (AvgIpc) is 2.42. The topological polar surface area (TPSA) is 106 Å². The third kappa shape index (κ3) is 3.01. The van der Waals surface area contributed by atoms with Gasteiger partial charge in [0, 0.05) is 24.7 Å². The molecule has 4 N–H and O–H groups in total. The summed E-state index contributed by atoms with van der Waals surface area (Å²) in [6.07, 6.45) is 0.689. The zero-order chi connectivity index (χ0) is 15.8. The van der Waals surface area contributed by atoms with E-state index in [0.29, 0.717) is 12.8 Å². The number of hydrogen-bond acceptors (Lipinski definition) is 4. The van der Waals surface area contributed by atoms with E-state index in [2.05, 4.69) is 0 Å². The second-order valence-corrected chi connectivity index (χ2v) is 7.14. The molecule has 0 saturated carbocycles. The first kappa shape index (κ1) is 15.7. The summed E-state index contributed by atoms with van der Waals surface area (Å²) < 4.78 is 40.3. The van der Waals surface area contributed by atoms with Crippen molar-refractivity contribution in [3.63, 3.8) is 0 Å². The minimum Gasteiger partial charge on any atom is -0.399 e. The number of amides is 1. The number of hydrogen-bond donors (Lipinski definition) is 2. The van der Waals surface area contributed by atoms with Gasteiger partial charge in [-0.05, 0) is 37.5 Å². The van der Waals surface area contributed by atoms with Gasteiger partial charge in [0.15, 0.2) is 0 Å². The van der Waals surface area contributed by atoms with E-state index in [1.165, 1.54) is 17.3 Å². The maximum Gasteiger partial charge on any atom is 0.246 e. The van der Waals surface area contributed by atoms with E-state index < -0.39 is 26.6 Å². The van der Waals surface area contributed by atoms with Crippen LogP contribution >= 0.6 is 0 Å². The van der Waals surface area contributed by atoms with Gasteiger partial charge in [-0.2, -0.15) is 4.31 Å². The summed E-state index contributed by atoms with van der Waals surface area (Å²) in [5, 5.41) is 0. The van der Waals surface area contributed by atoms with Crippen LogP contribution in [0.1, 0.15) is 18.4 Å². The van der Waals surface area contributed by atoms with Crippen molar-refractivity contribution in [1.29, 1.82) is 0 Å². The first-order valence-electron chi connectivity index (χ1n) is 6.58. The molecule has 1 aromatic rings. The lowest BCUT2D eigenvalue weighted by molar-refractivity contribution is -0.122. The molecule has 1 heterocycles. The zero-order valence-corrected chi connectivity index (χ0v) is 12.5. The number of piperidine rings is 1. The number of nitrogens with two attached hydrogens (primary N) is 2. The molecule has 0 aromatic heterocycles. The van der Waals surface area contributed by atoms with Crippen molar-refractivity contribution in [1.82, 2.24) is 4.31 Å². The number of rotatable bonds is 3. The lowest BCUT2D eigenvalue weighted by Gasteiger charge is -2.30. The molecule has 1 aromatic carbocycles. The van der Waals surface area contributed by atoms with E-state index in [-0.39, 0.29) is 30.3 Å². The third-order valence-electron chi connectivity index (χ3n) is 3.72. The number of nitrogens with zero attached hydrogens (tertiary/aromatic N) is 1. The zero-order valence-electron chi connectivity index (χ0n) is 11.7. The smallest absolute Gasteiger partial charge is 0.246 e. The van der Waals surface area contributed by atoms with Crippen molar-refractivity contribution in [2.45, 2.75) is 24.7 Å². The van der Waals surface area contributed by atoms with E-state index in [1.807, 2.05) is 0 Å². The molecule has 0 bridgehead atoms. The van der Waals surface area contributed by atoms with Crippen LogP contribution in [0, 0.1) is 18.7 Å². The number of carbonyl (C=O) groups excluding carboxylic acids is 1. The first-order valence-corrected chi connectivity index (χ1v) is 8.02. The maximum absolute atomic E-state index is 14.1. The summed E-state index contributed by atoms with van der Waals surface area (Å²) in [4.78, 5) is 10.7. The maximum atomic E-state index is 14.1. The predicted octanol–water partition coefficient (Wildman–Crippen LogP) is 0.602. The Labute approximate surface area is 123 Å². The van der Waals surface area contributed by atoms with E-state index in [9.17, 15) is 17.6 Å². The number of aryl methyl sites for hydroxylation is 1. The highest BCUT2D eigenvalue weighted by Crippen LogP contribution is 2.28. The van der Waals surface area contributed by atoms with Crippen LogP contribution in [0.25, 0.3) is 0 Å². The van der Waals surface area contributed by atoms with Gasteiger partial charge < -0.3 is 11.5 Å². The molecule has 116 valence electrons. The van der Waals surface area contributed by atoms with E-state index >= 15 is 0 Å². The molecule has 0 spiro atoms. The molecule has 1 aliphatic heterocycles. The molecule has 1 saturated heterocycles. The van der Waals surface area contributed by atoms with Crippen molar-refractivity contribution in [2.75, 3.05) is 18.8 Å². The summed E-state index contributed by atoms with van der Waals surface area (Å²) in [7, 11) is -3.96. The Bertz CT molecular complexity index is 667. The van der Waals surface area contributed by atoms with Gasteiger partial charge in [-0.25, -0.2) is 12.8 Å². The van der Waals surface area contributed by atoms with Crippen LogP contribution in [-0.2, 0) is 14.8 Å². The number of nitrogen functional groups attached to an aromatic ring is 1. The summed E-state index contributed by atoms with van der Waals surface area (Å²) in [5.74, 6) is -1.55. The fourth-order valence-corrected chi connectivity index (χ4v) is 4.11. The van der Waals surface area contributed by atoms with Gasteiger partial charge in [-0.15, -0.1) is 0 Å². The molecule has 0 unspecified atom stereocenters. The van der Waals surface area contributed by atoms with Crippen molar-refractivity contribution in [2.24, 2.45) is 11.7 Å². The monoisotopic (exact) mass is 315 g/mol. The van der Waals surface area contributed by atoms with Crippen LogP contribution in [0.2, 0.25) is 0 Å². The molecular formula is C13H18FN3O3S. The van der Waals surface area contributed by atoms with E-state index in [1.54, 1.807) is 0 Å².